The van der Waals surface area contributed by atoms with Crippen molar-refractivity contribution in [3.8, 4) is 11.5 Å². The van der Waals surface area contributed by atoms with Gasteiger partial charge in [0.25, 0.3) is 5.91 Å². The predicted octanol–water partition coefficient (Wildman–Crippen LogP) is 4.21. The maximum atomic E-state index is 13.4. The van der Waals surface area contributed by atoms with Crippen molar-refractivity contribution in [2.24, 2.45) is 0 Å². The van der Waals surface area contributed by atoms with Crippen molar-refractivity contribution in [3.05, 3.63) is 95.6 Å². The van der Waals surface area contributed by atoms with Gasteiger partial charge in [0.05, 0.1) is 19.8 Å². The van der Waals surface area contributed by atoms with Gasteiger partial charge in [-0.15, -0.1) is 0 Å². The molecule has 7 heteroatoms. The van der Waals surface area contributed by atoms with Crippen molar-refractivity contribution in [1.29, 1.82) is 0 Å². The van der Waals surface area contributed by atoms with Crippen LogP contribution in [0.15, 0.2) is 78.9 Å². The molecular weight excluding hydrogens is 468 g/mol. The zero-order valence-electron chi connectivity index (χ0n) is 21.5. The molecule has 0 aliphatic carbocycles. The number of amides is 2. The van der Waals surface area contributed by atoms with Gasteiger partial charge in [0.15, 0.2) is 0 Å². The highest BCUT2D eigenvalue weighted by molar-refractivity contribution is 5.97. The Morgan fingerprint density at radius 3 is 2.41 bits per heavy atom. The fourth-order valence-electron chi connectivity index (χ4n) is 4.51. The fraction of sp³-hybridized carbons (Fsp3) is 0.333. The smallest absolute Gasteiger partial charge is 0.254 e. The minimum absolute atomic E-state index is 0.0424. The summed E-state index contributed by atoms with van der Waals surface area (Å²) in [5.41, 5.74) is 2.65. The first-order valence-electron chi connectivity index (χ1n) is 12.6. The number of benzene rings is 3. The van der Waals surface area contributed by atoms with Crippen LogP contribution in [-0.2, 0) is 22.5 Å². The monoisotopic (exact) mass is 502 g/mol. The van der Waals surface area contributed by atoms with Gasteiger partial charge in [-0.2, -0.15) is 0 Å². The first-order valence-corrected chi connectivity index (χ1v) is 12.6. The summed E-state index contributed by atoms with van der Waals surface area (Å²) in [5, 5.41) is 0. The lowest BCUT2D eigenvalue weighted by atomic mass is 10.00. The van der Waals surface area contributed by atoms with Crippen molar-refractivity contribution in [1.82, 2.24) is 9.80 Å². The molecule has 1 saturated heterocycles. The maximum absolute atomic E-state index is 13.4. The second-order valence-corrected chi connectivity index (χ2v) is 8.97. The maximum Gasteiger partial charge on any atom is 0.254 e. The lowest BCUT2D eigenvalue weighted by Crippen LogP contribution is -2.58. The number of nitrogens with zero attached hydrogens (tertiary/aromatic N) is 2. The van der Waals surface area contributed by atoms with Gasteiger partial charge < -0.3 is 24.0 Å². The van der Waals surface area contributed by atoms with Crippen molar-refractivity contribution in [2.45, 2.75) is 25.9 Å². The third kappa shape index (κ3) is 7.11. The van der Waals surface area contributed by atoms with Crippen LogP contribution in [-0.4, -0.2) is 67.7 Å². The Balaban J connectivity index is 1.48. The Bertz CT molecular complexity index is 1170. The minimum Gasteiger partial charge on any atom is -0.497 e. The lowest BCUT2D eigenvalue weighted by Gasteiger charge is -2.41. The molecule has 7 nitrogen and oxygen atoms in total. The topological polar surface area (TPSA) is 68.3 Å². The average Bonchev–Trinajstić information content (AvgIpc) is 2.93. The van der Waals surface area contributed by atoms with Crippen LogP contribution in [0.2, 0.25) is 0 Å². The van der Waals surface area contributed by atoms with Crippen LogP contribution in [0.1, 0.15) is 28.4 Å². The van der Waals surface area contributed by atoms with Gasteiger partial charge in [0, 0.05) is 25.3 Å². The summed E-state index contributed by atoms with van der Waals surface area (Å²) >= 11 is 0. The number of ether oxygens (including phenoxy) is 3. The molecule has 4 rings (SSSR count). The van der Waals surface area contributed by atoms with E-state index in [9.17, 15) is 9.59 Å². The van der Waals surface area contributed by atoms with Crippen LogP contribution in [0.3, 0.4) is 0 Å². The highest BCUT2D eigenvalue weighted by Gasteiger charge is 2.35. The number of carbonyl (C=O) groups excluding carboxylic acids is 2. The van der Waals surface area contributed by atoms with Gasteiger partial charge in [-0.1, -0.05) is 42.5 Å². The van der Waals surface area contributed by atoms with Crippen LogP contribution in [0.5, 0.6) is 11.5 Å². The molecule has 3 aromatic carbocycles. The lowest BCUT2D eigenvalue weighted by molar-refractivity contribution is -0.139. The molecule has 3 aromatic rings. The largest absolute Gasteiger partial charge is 0.497 e. The molecule has 1 heterocycles. The molecule has 1 atom stereocenters. The molecule has 1 aliphatic rings. The van der Waals surface area contributed by atoms with E-state index in [-0.39, 0.29) is 24.4 Å². The first-order chi connectivity index (χ1) is 18.1. The summed E-state index contributed by atoms with van der Waals surface area (Å²) in [6, 6.07) is 24.7. The van der Waals surface area contributed by atoms with Crippen molar-refractivity contribution in [2.75, 3.05) is 40.0 Å². The minimum atomic E-state index is -0.159. The van der Waals surface area contributed by atoms with Gasteiger partial charge in [-0.25, -0.2) is 0 Å². The zero-order valence-corrected chi connectivity index (χ0v) is 21.5. The Kier molecular flexibility index (Phi) is 9.16. The molecule has 1 fully saturated rings. The number of hydrogen-bond acceptors (Lipinski definition) is 5. The molecule has 0 unspecified atom stereocenters. The van der Waals surface area contributed by atoms with E-state index in [1.54, 1.807) is 36.3 Å². The molecule has 0 saturated carbocycles. The molecule has 0 spiro atoms. The fourth-order valence-corrected chi connectivity index (χ4v) is 4.51. The molecule has 2 amide bonds. The highest BCUT2D eigenvalue weighted by atomic mass is 16.5. The molecule has 0 bridgehead atoms. The molecule has 0 radical (unpaired) electrons. The van der Waals surface area contributed by atoms with E-state index in [1.807, 2.05) is 54.3 Å². The molecule has 0 aromatic heterocycles. The summed E-state index contributed by atoms with van der Waals surface area (Å²) in [7, 11) is 1.63. The molecule has 0 N–H and O–H groups in total. The summed E-state index contributed by atoms with van der Waals surface area (Å²) in [4.78, 5) is 30.3. The van der Waals surface area contributed by atoms with Gasteiger partial charge in [-0.3, -0.25) is 9.59 Å². The van der Waals surface area contributed by atoms with Crippen molar-refractivity contribution in [3.63, 3.8) is 0 Å². The number of piperazine rings is 1. The van der Waals surface area contributed by atoms with Crippen LogP contribution in [0, 0.1) is 0 Å². The van der Waals surface area contributed by atoms with Gasteiger partial charge in [0.2, 0.25) is 5.91 Å². The van der Waals surface area contributed by atoms with Crippen molar-refractivity contribution < 1.29 is 23.8 Å². The Morgan fingerprint density at radius 1 is 0.919 bits per heavy atom. The van der Waals surface area contributed by atoms with E-state index < -0.39 is 0 Å². The summed E-state index contributed by atoms with van der Waals surface area (Å²) in [6.45, 7) is 4.51. The quantitative estimate of drug-likeness (QED) is 0.368. The number of carbonyl (C=O) groups is 2. The second-order valence-electron chi connectivity index (χ2n) is 8.97. The second kappa shape index (κ2) is 12.9. The van der Waals surface area contributed by atoms with Crippen LogP contribution in [0.25, 0.3) is 0 Å². The van der Waals surface area contributed by atoms with E-state index in [4.69, 9.17) is 14.2 Å². The van der Waals surface area contributed by atoms with Crippen LogP contribution < -0.4 is 9.47 Å². The molecular formula is C30H34N2O5. The van der Waals surface area contributed by atoms with Crippen molar-refractivity contribution >= 4 is 11.8 Å². The molecule has 37 heavy (non-hydrogen) atoms. The standard InChI is InChI=1S/C30H34N2O5/c1-3-36-16-17-37-27-14-12-25(13-15-27)30(34)31-21-26(18-23-8-5-4-6-9-23)32(29(33)22-31)20-24-10-7-11-28(19-24)35-2/h4-15,19,26H,3,16-18,20-22H2,1-2H3/t26-/m0/s1. The molecule has 194 valence electrons. The van der Waals surface area contributed by atoms with E-state index in [1.165, 1.54) is 0 Å². The Labute approximate surface area is 218 Å². The summed E-state index contributed by atoms with van der Waals surface area (Å²) in [6.07, 6.45) is 0.660. The molecule has 1 aliphatic heterocycles. The normalized spacial score (nSPS) is 15.5. The Morgan fingerprint density at radius 2 is 1.68 bits per heavy atom. The number of hydrogen-bond donors (Lipinski definition) is 0. The number of rotatable bonds is 11. The third-order valence-corrected chi connectivity index (χ3v) is 6.41. The van der Waals surface area contributed by atoms with Crippen LogP contribution >= 0.6 is 0 Å². The summed E-state index contributed by atoms with van der Waals surface area (Å²) in [5.74, 6) is 1.20. The first kappa shape index (κ1) is 26.2. The van der Waals surface area contributed by atoms with E-state index in [0.717, 1.165) is 16.9 Å². The Hall–Kier alpha value is -3.84. The van der Waals surface area contributed by atoms with Gasteiger partial charge >= 0.3 is 0 Å². The SMILES string of the molecule is CCOCCOc1ccc(C(=O)N2CC(=O)N(Cc3cccc(OC)c3)[C@@H](Cc3ccccc3)C2)cc1. The number of methoxy groups -OCH3 is 1. The zero-order chi connectivity index (χ0) is 26.0. The summed E-state index contributed by atoms with van der Waals surface area (Å²) < 4.78 is 16.3. The average molecular weight is 503 g/mol. The van der Waals surface area contributed by atoms with Crippen LogP contribution in [0.4, 0.5) is 0 Å². The van der Waals surface area contributed by atoms with E-state index >= 15 is 0 Å². The highest BCUT2D eigenvalue weighted by Crippen LogP contribution is 2.23. The predicted molar refractivity (Wildman–Crippen MR) is 142 cm³/mol. The van der Waals surface area contributed by atoms with E-state index in [0.29, 0.717) is 50.6 Å². The van der Waals surface area contributed by atoms with Gasteiger partial charge in [-0.05, 0) is 60.9 Å². The third-order valence-electron chi connectivity index (χ3n) is 6.41. The van der Waals surface area contributed by atoms with Gasteiger partial charge in [0.1, 0.15) is 24.7 Å². The van der Waals surface area contributed by atoms with E-state index in [2.05, 4.69) is 12.1 Å².